The molecule has 2 aromatic carbocycles. The fourth-order valence-corrected chi connectivity index (χ4v) is 4.24. The highest BCUT2D eigenvalue weighted by Crippen LogP contribution is 2.27. The number of halogens is 1. The highest BCUT2D eigenvalue weighted by molar-refractivity contribution is 7.89. The molecule has 0 fully saturated rings. The number of hydrogen-bond acceptors (Lipinski definition) is 6. The second kappa shape index (κ2) is 8.22. The molecule has 0 amide bonds. The number of nitrogens with two attached hydrogens (primary N) is 1. The molecule has 0 radical (unpaired) electrons. The summed E-state index contributed by atoms with van der Waals surface area (Å²) in [4.78, 5) is 11.5. The van der Waals surface area contributed by atoms with Crippen LogP contribution < -0.4 is 15.4 Å². The first kappa shape index (κ1) is 20.6. The van der Waals surface area contributed by atoms with Gasteiger partial charge in [-0.3, -0.25) is 0 Å². The Hall–Kier alpha value is -2.68. The van der Waals surface area contributed by atoms with Crippen molar-refractivity contribution in [3.05, 3.63) is 70.4 Å². The summed E-state index contributed by atoms with van der Waals surface area (Å²) in [5, 5.41) is 9.15. The fraction of sp³-hybridized carbons (Fsp3) is 0.238. The van der Waals surface area contributed by atoms with Gasteiger partial charge in [-0.15, -0.1) is 0 Å². The van der Waals surface area contributed by atoms with E-state index in [4.69, 9.17) is 21.7 Å². The van der Waals surface area contributed by atoms with Crippen molar-refractivity contribution in [2.75, 3.05) is 16.8 Å². The molecule has 0 saturated heterocycles. The lowest BCUT2D eigenvalue weighted by Gasteiger charge is -2.30. The Morgan fingerprint density at radius 1 is 1.13 bits per heavy atom. The summed E-state index contributed by atoms with van der Waals surface area (Å²) in [6.07, 6.45) is 1.56. The number of primary sulfonamides is 1. The van der Waals surface area contributed by atoms with Crippen molar-refractivity contribution in [1.29, 1.82) is 0 Å². The lowest BCUT2D eigenvalue weighted by atomic mass is 10.00. The SMILES string of the molecule is CCc1cc(N2CCc3ccc(S(N)(=O)=O)cc3C2)nc(Nc2cccc(Cl)c2)n1. The highest BCUT2D eigenvalue weighted by Gasteiger charge is 2.21. The van der Waals surface area contributed by atoms with E-state index in [2.05, 4.69) is 15.2 Å². The second-order valence-electron chi connectivity index (χ2n) is 7.18. The third-order valence-electron chi connectivity index (χ3n) is 5.05. The third kappa shape index (κ3) is 4.56. The predicted octanol–water partition coefficient (Wildman–Crippen LogP) is 3.65. The number of aryl methyl sites for hydroxylation is 1. The number of fused-ring (bicyclic) bond motifs is 1. The molecule has 0 unspecified atom stereocenters. The minimum atomic E-state index is -3.74. The second-order valence-corrected chi connectivity index (χ2v) is 9.17. The average molecular weight is 444 g/mol. The molecular weight excluding hydrogens is 422 g/mol. The van der Waals surface area contributed by atoms with Crippen molar-refractivity contribution < 1.29 is 8.42 Å². The van der Waals surface area contributed by atoms with Gasteiger partial charge in [-0.2, -0.15) is 4.98 Å². The van der Waals surface area contributed by atoms with E-state index < -0.39 is 10.0 Å². The Bertz CT molecular complexity index is 1200. The van der Waals surface area contributed by atoms with Gasteiger partial charge in [0.15, 0.2) is 0 Å². The van der Waals surface area contributed by atoms with E-state index in [9.17, 15) is 8.42 Å². The van der Waals surface area contributed by atoms with Crippen molar-refractivity contribution in [2.24, 2.45) is 5.14 Å². The van der Waals surface area contributed by atoms with Gasteiger partial charge in [0.05, 0.1) is 4.90 Å². The van der Waals surface area contributed by atoms with Crippen LogP contribution in [0.15, 0.2) is 53.4 Å². The normalized spacial score (nSPS) is 13.8. The molecule has 0 aliphatic carbocycles. The summed E-state index contributed by atoms with van der Waals surface area (Å²) < 4.78 is 23.4. The summed E-state index contributed by atoms with van der Waals surface area (Å²) in [5.74, 6) is 1.29. The quantitative estimate of drug-likeness (QED) is 0.624. The van der Waals surface area contributed by atoms with E-state index in [0.29, 0.717) is 17.5 Å². The van der Waals surface area contributed by atoms with Gasteiger partial charge < -0.3 is 10.2 Å². The summed E-state index contributed by atoms with van der Waals surface area (Å²) in [6, 6.07) is 14.4. The van der Waals surface area contributed by atoms with E-state index in [1.165, 1.54) is 0 Å². The molecule has 30 heavy (non-hydrogen) atoms. The van der Waals surface area contributed by atoms with Crippen molar-refractivity contribution in [2.45, 2.75) is 31.2 Å². The lowest BCUT2D eigenvalue weighted by Crippen LogP contribution is -2.31. The molecule has 1 aliphatic heterocycles. The van der Waals surface area contributed by atoms with Crippen molar-refractivity contribution in [3.63, 3.8) is 0 Å². The summed E-state index contributed by atoms with van der Waals surface area (Å²) in [7, 11) is -3.74. The number of aromatic nitrogens is 2. The number of anilines is 3. The number of benzene rings is 2. The van der Waals surface area contributed by atoms with Gasteiger partial charge in [-0.1, -0.05) is 30.7 Å². The zero-order valence-electron chi connectivity index (χ0n) is 16.5. The molecule has 0 atom stereocenters. The van der Waals surface area contributed by atoms with Gasteiger partial charge >= 0.3 is 0 Å². The van der Waals surface area contributed by atoms with Gasteiger partial charge in [-0.25, -0.2) is 18.5 Å². The third-order valence-corrected chi connectivity index (χ3v) is 6.20. The minimum Gasteiger partial charge on any atom is -0.352 e. The zero-order valence-corrected chi connectivity index (χ0v) is 18.0. The zero-order chi connectivity index (χ0) is 21.3. The van der Waals surface area contributed by atoms with Crippen LogP contribution in [0, 0.1) is 0 Å². The monoisotopic (exact) mass is 443 g/mol. The predicted molar refractivity (Wildman–Crippen MR) is 119 cm³/mol. The van der Waals surface area contributed by atoms with Gasteiger partial charge in [0.25, 0.3) is 0 Å². The maximum atomic E-state index is 11.7. The molecule has 0 bridgehead atoms. The molecule has 7 nitrogen and oxygen atoms in total. The van der Waals surface area contributed by atoms with E-state index in [0.717, 1.165) is 47.7 Å². The molecule has 9 heteroatoms. The van der Waals surface area contributed by atoms with Crippen LogP contribution >= 0.6 is 11.6 Å². The van der Waals surface area contributed by atoms with Gasteiger partial charge in [0.1, 0.15) is 5.82 Å². The fourth-order valence-electron chi connectivity index (χ4n) is 3.48. The van der Waals surface area contributed by atoms with Crippen LogP contribution in [0.3, 0.4) is 0 Å². The first-order chi connectivity index (χ1) is 14.3. The lowest BCUT2D eigenvalue weighted by molar-refractivity contribution is 0.597. The molecular formula is C21H22ClN5O2S. The Balaban J connectivity index is 1.64. The molecule has 156 valence electrons. The maximum Gasteiger partial charge on any atom is 0.238 e. The number of sulfonamides is 1. The topological polar surface area (TPSA) is 101 Å². The van der Waals surface area contributed by atoms with E-state index in [-0.39, 0.29) is 4.90 Å². The Labute approximate surface area is 181 Å². The Morgan fingerprint density at radius 2 is 1.97 bits per heavy atom. The standard InChI is InChI=1S/C21H22ClN5O2S/c1-2-17-12-20(26-21(24-17)25-18-5-3-4-16(22)11-18)27-9-8-14-6-7-19(30(23,28)29)10-15(14)13-27/h3-7,10-12H,2,8-9,13H2,1H3,(H2,23,28,29)(H,24,25,26). The van der Waals surface area contributed by atoms with E-state index >= 15 is 0 Å². The smallest absolute Gasteiger partial charge is 0.238 e. The first-order valence-corrected chi connectivity index (χ1v) is 11.5. The van der Waals surface area contributed by atoms with Gasteiger partial charge in [0, 0.05) is 35.6 Å². The molecule has 1 aromatic heterocycles. The van der Waals surface area contributed by atoms with Crippen molar-refractivity contribution >= 4 is 39.1 Å². The highest BCUT2D eigenvalue weighted by atomic mass is 35.5. The van der Waals surface area contributed by atoms with Crippen LogP contribution in [-0.4, -0.2) is 24.9 Å². The maximum absolute atomic E-state index is 11.7. The molecule has 1 aliphatic rings. The molecule has 2 heterocycles. The van der Waals surface area contributed by atoms with Crippen LogP contribution in [0.2, 0.25) is 5.02 Å². The van der Waals surface area contributed by atoms with Crippen molar-refractivity contribution in [3.8, 4) is 0 Å². The van der Waals surface area contributed by atoms with Crippen LogP contribution in [0.25, 0.3) is 0 Å². The number of hydrogen-bond donors (Lipinski definition) is 2. The largest absolute Gasteiger partial charge is 0.352 e. The number of nitrogens with one attached hydrogen (secondary N) is 1. The summed E-state index contributed by atoms with van der Waals surface area (Å²) in [5.41, 5.74) is 3.78. The summed E-state index contributed by atoms with van der Waals surface area (Å²) in [6.45, 7) is 3.37. The van der Waals surface area contributed by atoms with Crippen LogP contribution in [0.4, 0.5) is 17.5 Å². The molecule has 3 N–H and O–H groups in total. The van der Waals surface area contributed by atoms with Gasteiger partial charge in [-0.05, 0) is 54.3 Å². The molecule has 4 rings (SSSR count). The molecule has 0 spiro atoms. The Kier molecular flexibility index (Phi) is 5.64. The van der Waals surface area contributed by atoms with Crippen molar-refractivity contribution in [1.82, 2.24) is 9.97 Å². The average Bonchev–Trinajstić information content (AvgIpc) is 2.72. The van der Waals surface area contributed by atoms with Gasteiger partial charge in [0.2, 0.25) is 16.0 Å². The molecule has 3 aromatic rings. The van der Waals surface area contributed by atoms with Crippen LogP contribution in [-0.2, 0) is 29.4 Å². The molecule has 0 saturated carbocycles. The minimum absolute atomic E-state index is 0.128. The van der Waals surface area contributed by atoms with E-state index in [1.54, 1.807) is 12.1 Å². The first-order valence-electron chi connectivity index (χ1n) is 9.62. The summed E-state index contributed by atoms with van der Waals surface area (Å²) >= 11 is 6.07. The number of nitrogens with zero attached hydrogens (tertiary/aromatic N) is 3. The van der Waals surface area contributed by atoms with Crippen LogP contribution in [0.1, 0.15) is 23.7 Å². The Morgan fingerprint density at radius 3 is 2.70 bits per heavy atom. The van der Waals surface area contributed by atoms with E-state index in [1.807, 2.05) is 43.3 Å². The van der Waals surface area contributed by atoms with Crippen LogP contribution in [0.5, 0.6) is 0 Å². The number of rotatable bonds is 5.